The van der Waals surface area contributed by atoms with Gasteiger partial charge in [-0.1, -0.05) is 0 Å². The van der Waals surface area contributed by atoms with E-state index < -0.39 is 0 Å². The summed E-state index contributed by atoms with van der Waals surface area (Å²) in [6.07, 6.45) is 0. The van der Waals surface area contributed by atoms with Crippen molar-refractivity contribution >= 4 is 21.8 Å². The molecule has 0 unspecified atom stereocenters. The second kappa shape index (κ2) is 6.25. The van der Waals surface area contributed by atoms with Gasteiger partial charge in [0.2, 0.25) is 0 Å². The molecule has 0 aliphatic carbocycles. The number of halogens is 1. The van der Waals surface area contributed by atoms with E-state index in [0.717, 1.165) is 0 Å². The number of methoxy groups -OCH3 is 1. The zero-order valence-corrected chi connectivity index (χ0v) is 12.5. The molecule has 1 N–H and O–H groups in total. The van der Waals surface area contributed by atoms with Gasteiger partial charge < -0.3 is 19.5 Å². The number of carbonyl (C=O) groups is 1. The van der Waals surface area contributed by atoms with E-state index in [1.165, 1.54) is 0 Å². The number of carbonyl (C=O) groups excluding carboxylic acids is 1. The summed E-state index contributed by atoms with van der Waals surface area (Å²) >= 11 is 3.39. The molecular formula is C13H16BrNO4. The highest BCUT2D eigenvalue weighted by Gasteiger charge is 2.19. The minimum absolute atomic E-state index is 0.0514. The van der Waals surface area contributed by atoms with Gasteiger partial charge in [0.25, 0.3) is 5.91 Å². The minimum atomic E-state index is -0.165. The van der Waals surface area contributed by atoms with E-state index in [1.54, 1.807) is 19.2 Å². The molecule has 5 nitrogen and oxygen atoms in total. The number of ether oxygens (including phenoxy) is 3. The first kappa shape index (κ1) is 14.1. The average Bonchev–Trinajstić information content (AvgIpc) is 2.39. The monoisotopic (exact) mass is 329 g/mol. The minimum Gasteiger partial charge on any atom is -0.486 e. The van der Waals surface area contributed by atoms with Gasteiger partial charge in [-0.25, -0.2) is 0 Å². The molecule has 0 bridgehead atoms. The number of hydrogen-bond acceptors (Lipinski definition) is 4. The topological polar surface area (TPSA) is 56.8 Å². The van der Waals surface area contributed by atoms with Crippen LogP contribution in [0.15, 0.2) is 16.6 Å². The Kier molecular flexibility index (Phi) is 4.66. The molecule has 19 heavy (non-hydrogen) atoms. The van der Waals surface area contributed by atoms with Crippen molar-refractivity contribution in [2.24, 2.45) is 0 Å². The predicted molar refractivity (Wildman–Crippen MR) is 73.9 cm³/mol. The van der Waals surface area contributed by atoms with Crippen molar-refractivity contribution < 1.29 is 19.0 Å². The SMILES string of the molecule is COC[C@H](C)NC(=O)c1cc(Br)c2c(c1)OCCO2. The van der Waals surface area contributed by atoms with Crippen molar-refractivity contribution in [2.45, 2.75) is 13.0 Å². The van der Waals surface area contributed by atoms with E-state index in [2.05, 4.69) is 21.2 Å². The lowest BCUT2D eigenvalue weighted by atomic mass is 10.1. The normalized spacial score (nSPS) is 14.9. The Morgan fingerprint density at radius 1 is 1.47 bits per heavy atom. The fourth-order valence-electron chi connectivity index (χ4n) is 1.84. The van der Waals surface area contributed by atoms with Crippen LogP contribution in [0.2, 0.25) is 0 Å². The highest BCUT2D eigenvalue weighted by atomic mass is 79.9. The number of hydrogen-bond donors (Lipinski definition) is 1. The summed E-state index contributed by atoms with van der Waals surface area (Å²) in [6.45, 7) is 3.36. The number of benzene rings is 1. The quantitative estimate of drug-likeness (QED) is 0.917. The lowest BCUT2D eigenvalue weighted by Gasteiger charge is -2.20. The zero-order valence-electron chi connectivity index (χ0n) is 10.9. The summed E-state index contributed by atoms with van der Waals surface area (Å²) in [5, 5.41) is 2.85. The lowest BCUT2D eigenvalue weighted by molar-refractivity contribution is 0.0904. The lowest BCUT2D eigenvalue weighted by Crippen LogP contribution is -2.35. The van der Waals surface area contributed by atoms with E-state index in [4.69, 9.17) is 14.2 Å². The molecule has 0 saturated heterocycles. The molecule has 1 aromatic rings. The fraction of sp³-hybridized carbons (Fsp3) is 0.462. The molecule has 0 fully saturated rings. The molecule has 1 amide bonds. The molecule has 1 aliphatic heterocycles. The molecule has 1 heterocycles. The maximum atomic E-state index is 12.1. The first-order chi connectivity index (χ1) is 9.11. The van der Waals surface area contributed by atoms with Crippen molar-refractivity contribution in [1.82, 2.24) is 5.32 Å². The van der Waals surface area contributed by atoms with Crippen molar-refractivity contribution in [3.63, 3.8) is 0 Å². The Balaban J connectivity index is 2.16. The fourth-order valence-corrected chi connectivity index (χ4v) is 2.40. The summed E-state index contributed by atoms with van der Waals surface area (Å²) < 4.78 is 16.7. The van der Waals surface area contributed by atoms with Crippen LogP contribution in [0.5, 0.6) is 11.5 Å². The van der Waals surface area contributed by atoms with Crippen LogP contribution in [0.4, 0.5) is 0 Å². The van der Waals surface area contributed by atoms with E-state index in [1.807, 2.05) is 6.92 Å². The van der Waals surface area contributed by atoms with E-state index >= 15 is 0 Å². The summed E-state index contributed by atoms with van der Waals surface area (Å²) in [5.41, 5.74) is 0.527. The van der Waals surface area contributed by atoms with Crippen molar-refractivity contribution in [3.05, 3.63) is 22.2 Å². The molecule has 0 radical (unpaired) electrons. The summed E-state index contributed by atoms with van der Waals surface area (Å²) in [6, 6.07) is 3.36. The van der Waals surface area contributed by atoms with Gasteiger partial charge in [0.05, 0.1) is 11.1 Å². The second-order valence-corrected chi connectivity index (χ2v) is 5.17. The highest BCUT2D eigenvalue weighted by molar-refractivity contribution is 9.10. The van der Waals surface area contributed by atoms with Gasteiger partial charge in [0.1, 0.15) is 13.2 Å². The standard InChI is InChI=1S/C13H16BrNO4/c1-8(7-17-2)15-13(16)9-5-10(14)12-11(6-9)18-3-4-19-12/h5-6,8H,3-4,7H2,1-2H3,(H,15,16)/t8-/m0/s1. The molecule has 2 rings (SSSR count). The second-order valence-electron chi connectivity index (χ2n) is 4.31. The van der Waals surface area contributed by atoms with Crippen LogP contribution in [-0.4, -0.2) is 38.9 Å². The van der Waals surface area contributed by atoms with Crippen LogP contribution in [0.25, 0.3) is 0 Å². The van der Waals surface area contributed by atoms with Crippen molar-refractivity contribution in [3.8, 4) is 11.5 Å². The van der Waals surface area contributed by atoms with Crippen LogP contribution in [0.1, 0.15) is 17.3 Å². The summed E-state index contributed by atoms with van der Waals surface area (Å²) in [5.74, 6) is 1.07. The molecule has 0 spiro atoms. The molecular weight excluding hydrogens is 314 g/mol. The average molecular weight is 330 g/mol. The van der Waals surface area contributed by atoms with Crippen molar-refractivity contribution in [2.75, 3.05) is 26.9 Å². The first-order valence-electron chi connectivity index (χ1n) is 6.00. The Morgan fingerprint density at radius 2 is 2.21 bits per heavy atom. The van der Waals surface area contributed by atoms with Gasteiger partial charge >= 0.3 is 0 Å². The number of rotatable bonds is 4. The van der Waals surface area contributed by atoms with Gasteiger partial charge in [0, 0.05) is 18.7 Å². The molecule has 1 atom stereocenters. The van der Waals surface area contributed by atoms with Gasteiger partial charge in [0.15, 0.2) is 11.5 Å². The third kappa shape index (κ3) is 3.39. The Labute approximate surface area is 120 Å². The highest BCUT2D eigenvalue weighted by Crippen LogP contribution is 2.38. The third-order valence-corrected chi connectivity index (χ3v) is 3.24. The number of nitrogens with one attached hydrogen (secondary N) is 1. The van der Waals surface area contributed by atoms with Crippen LogP contribution >= 0.6 is 15.9 Å². The van der Waals surface area contributed by atoms with Gasteiger partial charge in [-0.15, -0.1) is 0 Å². The van der Waals surface area contributed by atoms with Gasteiger partial charge in [-0.3, -0.25) is 4.79 Å². The van der Waals surface area contributed by atoms with Crippen LogP contribution in [0, 0.1) is 0 Å². The molecule has 104 valence electrons. The third-order valence-electron chi connectivity index (χ3n) is 2.65. The predicted octanol–water partition coefficient (Wildman–Crippen LogP) is 1.98. The van der Waals surface area contributed by atoms with Gasteiger partial charge in [-0.2, -0.15) is 0 Å². The Morgan fingerprint density at radius 3 is 2.95 bits per heavy atom. The Hall–Kier alpha value is -1.27. The number of fused-ring (bicyclic) bond motifs is 1. The number of amides is 1. The van der Waals surface area contributed by atoms with Crippen LogP contribution in [0.3, 0.4) is 0 Å². The summed E-state index contributed by atoms with van der Waals surface area (Å²) in [4.78, 5) is 12.1. The Bertz CT molecular complexity index is 478. The molecule has 6 heteroatoms. The summed E-state index contributed by atoms with van der Waals surface area (Å²) in [7, 11) is 1.60. The van der Waals surface area contributed by atoms with E-state index in [9.17, 15) is 4.79 Å². The first-order valence-corrected chi connectivity index (χ1v) is 6.80. The largest absolute Gasteiger partial charge is 0.486 e. The zero-order chi connectivity index (χ0) is 13.8. The van der Waals surface area contributed by atoms with E-state index in [-0.39, 0.29) is 11.9 Å². The molecule has 1 aromatic carbocycles. The van der Waals surface area contributed by atoms with Crippen LogP contribution in [-0.2, 0) is 4.74 Å². The van der Waals surface area contributed by atoms with E-state index in [0.29, 0.717) is 41.4 Å². The van der Waals surface area contributed by atoms with Crippen molar-refractivity contribution in [1.29, 1.82) is 0 Å². The maximum Gasteiger partial charge on any atom is 0.251 e. The van der Waals surface area contributed by atoms with Gasteiger partial charge in [-0.05, 0) is 35.0 Å². The molecule has 1 aliphatic rings. The smallest absolute Gasteiger partial charge is 0.251 e. The maximum absolute atomic E-state index is 12.1. The van der Waals surface area contributed by atoms with Crippen LogP contribution < -0.4 is 14.8 Å². The molecule has 0 saturated carbocycles. The molecule has 0 aromatic heterocycles.